The van der Waals surface area contributed by atoms with Crippen LogP contribution in [0.4, 0.5) is 0 Å². The number of hydrogen-bond acceptors (Lipinski definition) is 4. The summed E-state index contributed by atoms with van der Waals surface area (Å²) in [5, 5.41) is 9.56. The van der Waals surface area contributed by atoms with Crippen molar-refractivity contribution >= 4 is 0 Å². The highest BCUT2D eigenvalue weighted by atomic mass is 16.7. The minimum absolute atomic E-state index is 0.170. The van der Waals surface area contributed by atoms with Gasteiger partial charge < -0.3 is 19.3 Å². The summed E-state index contributed by atoms with van der Waals surface area (Å²) in [5.41, 5.74) is 0.723. The van der Waals surface area contributed by atoms with Crippen LogP contribution in [0, 0.1) is 0 Å². The lowest BCUT2D eigenvalue weighted by Crippen LogP contribution is -2.05. The van der Waals surface area contributed by atoms with Crippen molar-refractivity contribution in [2.24, 2.45) is 0 Å². The van der Waals surface area contributed by atoms with Gasteiger partial charge in [0, 0.05) is 18.2 Å². The average Bonchev–Trinajstić information content (AvgIpc) is 2.29. The quantitative estimate of drug-likeness (QED) is 0.596. The molecule has 0 bridgehead atoms. The third-order valence-corrected chi connectivity index (χ3v) is 2.17. The highest BCUT2D eigenvalue weighted by Crippen LogP contribution is 2.29. The lowest BCUT2D eigenvalue weighted by molar-refractivity contribution is 0.0203. The molecule has 4 nitrogen and oxygen atoms in total. The standard InChI is InChI=1S/C12H18O4/c1-4-15-8-16-12-7-10(14-3)5-6-11(12)9(2)13/h5-7,9,13H,4,8H2,1-3H3/t9-/m0/s1. The molecule has 0 aliphatic heterocycles. The first-order chi connectivity index (χ1) is 7.69. The second-order valence-corrected chi connectivity index (χ2v) is 3.33. The molecule has 0 fully saturated rings. The van der Waals surface area contributed by atoms with Crippen LogP contribution in [0.3, 0.4) is 0 Å². The van der Waals surface area contributed by atoms with Crippen LogP contribution in [-0.2, 0) is 4.74 Å². The van der Waals surface area contributed by atoms with E-state index in [4.69, 9.17) is 14.2 Å². The highest BCUT2D eigenvalue weighted by molar-refractivity contribution is 5.41. The van der Waals surface area contributed by atoms with Crippen molar-refractivity contribution in [2.45, 2.75) is 20.0 Å². The second kappa shape index (κ2) is 6.35. The van der Waals surface area contributed by atoms with Crippen molar-refractivity contribution in [3.63, 3.8) is 0 Å². The molecule has 0 saturated heterocycles. The van der Waals surface area contributed by atoms with Crippen LogP contribution in [0.2, 0.25) is 0 Å². The van der Waals surface area contributed by atoms with Gasteiger partial charge in [-0.25, -0.2) is 0 Å². The summed E-state index contributed by atoms with van der Waals surface area (Å²) in [6.45, 7) is 4.34. The van der Waals surface area contributed by atoms with Crippen LogP contribution < -0.4 is 9.47 Å². The fourth-order valence-electron chi connectivity index (χ4n) is 1.30. The molecule has 1 atom stereocenters. The van der Waals surface area contributed by atoms with Gasteiger partial charge in [-0.15, -0.1) is 0 Å². The first-order valence-electron chi connectivity index (χ1n) is 5.25. The summed E-state index contributed by atoms with van der Waals surface area (Å²) in [4.78, 5) is 0. The molecular weight excluding hydrogens is 208 g/mol. The predicted octanol–water partition coefficient (Wildman–Crippen LogP) is 2.12. The van der Waals surface area contributed by atoms with Crippen molar-refractivity contribution < 1.29 is 19.3 Å². The van der Waals surface area contributed by atoms with Gasteiger partial charge in [-0.2, -0.15) is 0 Å². The van der Waals surface area contributed by atoms with Crippen LogP contribution in [0.1, 0.15) is 25.5 Å². The number of benzene rings is 1. The Balaban J connectivity index is 2.83. The summed E-state index contributed by atoms with van der Waals surface area (Å²) in [6.07, 6.45) is -0.581. The highest BCUT2D eigenvalue weighted by Gasteiger charge is 2.10. The molecule has 0 saturated carbocycles. The zero-order valence-electron chi connectivity index (χ0n) is 9.90. The Bertz CT molecular complexity index is 323. The molecule has 1 aromatic rings. The van der Waals surface area contributed by atoms with Crippen molar-refractivity contribution in [2.75, 3.05) is 20.5 Å². The number of methoxy groups -OCH3 is 1. The normalized spacial score (nSPS) is 12.2. The molecule has 0 heterocycles. The van der Waals surface area contributed by atoms with E-state index in [1.807, 2.05) is 6.92 Å². The first-order valence-corrected chi connectivity index (χ1v) is 5.25. The second-order valence-electron chi connectivity index (χ2n) is 3.33. The molecule has 0 amide bonds. The van der Waals surface area contributed by atoms with Crippen molar-refractivity contribution in [3.05, 3.63) is 23.8 Å². The SMILES string of the molecule is CCOCOc1cc(OC)ccc1[C@H](C)O. The van der Waals surface area contributed by atoms with Gasteiger partial charge in [0.05, 0.1) is 13.2 Å². The molecule has 1 N–H and O–H groups in total. The van der Waals surface area contributed by atoms with Gasteiger partial charge in [0.1, 0.15) is 11.5 Å². The third kappa shape index (κ3) is 3.40. The number of hydrogen-bond donors (Lipinski definition) is 1. The fourth-order valence-corrected chi connectivity index (χ4v) is 1.30. The zero-order chi connectivity index (χ0) is 12.0. The van der Waals surface area contributed by atoms with Crippen molar-refractivity contribution in [1.29, 1.82) is 0 Å². The lowest BCUT2D eigenvalue weighted by atomic mass is 10.1. The minimum atomic E-state index is -0.581. The van der Waals surface area contributed by atoms with Gasteiger partial charge in [0.2, 0.25) is 0 Å². The van der Waals surface area contributed by atoms with Crippen LogP contribution in [0.25, 0.3) is 0 Å². The van der Waals surface area contributed by atoms with Gasteiger partial charge in [-0.1, -0.05) is 0 Å². The molecule has 0 radical (unpaired) electrons. The van der Waals surface area contributed by atoms with Crippen LogP contribution in [0.5, 0.6) is 11.5 Å². The monoisotopic (exact) mass is 226 g/mol. The van der Waals surface area contributed by atoms with Crippen molar-refractivity contribution in [1.82, 2.24) is 0 Å². The van der Waals surface area contributed by atoms with Crippen LogP contribution in [0.15, 0.2) is 18.2 Å². The Kier molecular flexibility index (Phi) is 5.08. The lowest BCUT2D eigenvalue weighted by Gasteiger charge is -2.14. The molecule has 0 aromatic heterocycles. The maximum Gasteiger partial charge on any atom is 0.189 e. The van der Waals surface area contributed by atoms with Gasteiger partial charge in [-0.05, 0) is 26.0 Å². The summed E-state index contributed by atoms with van der Waals surface area (Å²) in [6, 6.07) is 5.31. The van der Waals surface area contributed by atoms with E-state index in [0.29, 0.717) is 18.1 Å². The molecule has 0 spiro atoms. The molecule has 0 aliphatic rings. The van der Waals surface area contributed by atoms with E-state index < -0.39 is 6.10 Å². The number of rotatable bonds is 6. The molecule has 90 valence electrons. The van der Waals surface area contributed by atoms with E-state index in [0.717, 1.165) is 5.56 Å². The Labute approximate surface area is 95.8 Å². The van der Waals surface area contributed by atoms with E-state index in [2.05, 4.69) is 0 Å². The largest absolute Gasteiger partial charge is 0.497 e. The number of aliphatic hydroxyl groups excluding tert-OH is 1. The fraction of sp³-hybridized carbons (Fsp3) is 0.500. The van der Waals surface area contributed by atoms with Gasteiger partial charge in [0.15, 0.2) is 6.79 Å². The summed E-state index contributed by atoms with van der Waals surface area (Å²) in [5.74, 6) is 1.28. The van der Waals surface area contributed by atoms with E-state index in [1.165, 1.54) is 0 Å². The summed E-state index contributed by atoms with van der Waals surface area (Å²) >= 11 is 0. The Morgan fingerprint density at radius 1 is 1.38 bits per heavy atom. The molecule has 0 aliphatic carbocycles. The Morgan fingerprint density at radius 3 is 2.69 bits per heavy atom. The molecular formula is C12H18O4. The van der Waals surface area contributed by atoms with Gasteiger partial charge in [0.25, 0.3) is 0 Å². The van der Waals surface area contributed by atoms with Crippen LogP contribution in [-0.4, -0.2) is 25.6 Å². The van der Waals surface area contributed by atoms with E-state index in [1.54, 1.807) is 32.2 Å². The van der Waals surface area contributed by atoms with E-state index in [-0.39, 0.29) is 6.79 Å². The molecule has 0 unspecified atom stereocenters. The molecule has 1 rings (SSSR count). The zero-order valence-corrected chi connectivity index (χ0v) is 9.90. The molecule has 4 heteroatoms. The smallest absolute Gasteiger partial charge is 0.189 e. The average molecular weight is 226 g/mol. The van der Waals surface area contributed by atoms with Crippen LogP contribution >= 0.6 is 0 Å². The van der Waals surface area contributed by atoms with Crippen molar-refractivity contribution in [3.8, 4) is 11.5 Å². The Hall–Kier alpha value is -1.26. The van der Waals surface area contributed by atoms with E-state index in [9.17, 15) is 5.11 Å². The number of aliphatic hydroxyl groups is 1. The third-order valence-electron chi connectivity index (χ3n) is 2.17. The Morgan fingerprint density at radius 2 is 2.12 bits per heavy atom. The summed E-state index contributed by atoms with van der Waals surface area (Å²) < 4.78 is 15.6. The van der Waals surface area contributed by atoms with Gasteiger partial charge >= 0.3 is 0 Å². The number of ether oxygens (including phenoxy) is 3. The molecule has 1 aromatic carbocycles. The van der Waals surface area contributed by atoms with E-state index >= 15 is 0 Å². The summed E-state index contributed by atoms with van der Waals surface area (Å²) in [7, 11) is 1.59. The maximum absolute atomic E-state index is 9.56. The molecule has 16 heavy (non-hydrogen) atoms. The first kappa shape index (κ1) is 12.8. The topological polar surface area (TPSA) is 47.9 Å². The predicted molar refractivity (Wildman–Crippen MR) is 60.7 cm³/mol. The minimum Gasteiger partial charge on any atom is -0.497 e. The van der Waals surface area contributed by atoms with Gasteiger partial charge in [-0.3, -0.25) is 0 Å². The maximum atomic E-state index is 9.56.